The summed E-state index contributed by atoms with van der Waals surface area (Å²) < 4.78 is 1.34. The van der Waals surface area contributed by atoms with Crippen molar-refractivity contribution in [3.63, 3.8) is 0 Å². The molecule has 1 heterocycles. The van der Waals surface area contributed by atoms with Gasteiger partial charge in [-0.3, -0.25) is 4.79 Å². The zero-order valence-electron chi connectivity index (χ0n) is 11.8. The Hall–Kier alpha value is -2.30. The van der Waals surface area contributed by atoms with Crippen LogP contribution < -0.4 is 11.0 Å². The van der Waals surface area contributed by atoms with Crippen molar-refractivity contribution in [2.75, 3.05) is 12.0 Å². The second-order valence-electron chi connectivity index (χ2n) is 5.21. The number of nitrogens with zero attached hydrogens (tertiary/aromatic N) is 1. The molecule has 0 aliphatic rings. The van der Waals surface area contributed by atoms with Crippen molar-refractivity contribution in [2.24, 2.45) is 5.92 Å². The maximum atomic E-state index is 12.4. The molecular weight excluding hydrogens is 256 g/mol. The Morgan fingerprint density at radius 3 is 2.45 bits per heavy atom. The van der Waals surface area contributed by atoms with Gasteiger partial charge in [0.05, 0.1) is 11.3 Å². The zero-order chi connectivity index (χ0) is 14.9. The number of hydrogen-bond acceptors (Lipinski definition) is 3. The number of benzene rings is 1. The zero-order valence-corrected chi connectivity index (χ0v) is 11.8. The fourth-order valence-electron chi connectivity index (χ4n) is 2.20. The van der Waals surface area contributed by atoms with Gasteiger partial charge in [0.15, 0.2) is 0 Å². The highest BCUT2D eigenvalue weighted by Gasteiger charge is 2.18. The molecule has 0 amide bonds. The number of pyridine rings is 1. The number of rotatable bonds is 4. The van der Waals surface area contributed by atoms with Crippen molar-refractivity contribution < 1.29 is 9.90 Å². The summed E-state index contributed by atoms with van der Waals surface area (Å²) in [5, 5.41) is 10.3. The predicted octanol–water partition coefficient (Wildman–Crippen LogP) is 2.21. The van der Waals surface area contributed by atoms with E-state index in [-0.39, 0.29) is 11.1 Å². The number of aromatic nitrogens is 1. The molecule has 1 aromatic carbocycles. The number of aromatic carboxylic acids is 1. The molecule has 5 heteroatoms. The Bertz CT molecular complexity index is 717. The SMILES string of the molecule is Cc1c(C(=O)O)c2ccccc2c(=O)n1NCC(C)C. The third kappa shape index (κ3) is 2.39. The Balaban J connectivity index is 2.75. The molecule has 0 unspecified atom stereocenters. The number of carboxylic acid groups (broad SMARTS) is 1. The van der Waals surface area contributed by atoms with Gasteiger partial charge in [0.25, 0.3) is 5.56 Å². The molecule has 5 nitrogen and oxygen atoms in total. The third-order valence-electron chi connectivity index (χ3n) is 3.20. The van der Waals surface area contributed by atoms with Crippen molar-refractivity contribution in [1.29, 1.82) is 0 Å². The molecule has 2 N–H and O–H groups in total. The lowest BCUT2D eigenvalue weighted by atomic mass is 10.0. The Morgan fingerprint density at radius 2 is 1.90 bits per heavy atom. The van der Waals surface area contributed by atoms with Crippen LogP contribution in [-0.2, 0) is 0 Å². The minimum Gasteiger partial charge on any atom is -0.478 e. The summed E-state index contributed by atoms with van der Waals surface area (Å²) in [5.41, 5.74) is 3.37. The number of carbonyl (C=O) groups is 1. The van der Waals surface area contributed by atoms with Gasteiger partial charge in [-0.1, -0.05) is 32.0 Å². The summed E-state index contributed by atoms with van der Waals surface area (Å²) in [6.07, 6.45) is 0. The summed E-state index contributed by atoms with van der Waals surface area (Å²) in [5.74, 6) is -0.681. The molecule has 0 atom stereocenters. The van der Waals surface area contributed by atoms with Gasteiger partial charge in [0.2, 0.25) is 0 Å². The summed E-state index contributed by atoms with van der Waals surface area (Å²) in [6, 6.07) is 6.79. The Morgan fingerprint density at radius 1 is 1.30 bits per heavy atom. The van der Waals surface area contributed by atoms with Crippen LogP contribution in [0.5, 0.6) is 0 Å². The lowest BCUT2D eigenvalue weighted by Crippen LogP contribution is -2.34. The number of nitrogens with one attached hydrogen (secondary N) is 1. The van der Waals surface area contributed by atoms with E-state index in [4.69, 9.17) is 0 Å². The first-order valence-electron chi connectivity index (χ1n) is 6.55. The topological polar surface area (TPSA) is 71.3 Å². The van der Waals surface area contributed by atoms with Crippen LogP contribution in [0.4, 0.5) is 0 Å². The molecule has 0 fully saturated rings. The number of fused-ring (bicyclic) bond motifs is 1. The molecule has 106 valence electrons. The van der Waals surface area contributed by atoms with E-state index in [0.717, 1.165) is 0 Å². The Labute approximate surface area is 116 Å². The number of carboxylic acids is 1. The largest absolute Gasteiger partial charge is 0.478 e. The molecule has 0 spiro atoms. The molecule has 0 bridgehead atoms. The first kappa shape index (κ1) is 14.1. The fourth-order valence-corrected chi connectivity index (χ4v) is 2.20. The molecule has 0 saturated heterocycles. The maximum Gasteiger partial charge on any atom is 0.338 e. The fraction of sp³-hybridized carbons (Fsp3) is 0.333. The highest BCUT2D eigenvalue weighted by Crippen LogP contribution is 2.18. The highest BCUT2D eigenvalue weighted by molar-refractivity contribution is 6.04. The molecule has 2 rings (SSSR count). The van der Waals surface area contributed by atoms with E-state index in [1.165, 1.54) is 4.68 Å². The maximum absolute atomic E-state index is 12.4. The van der Waals surface area contributed by atoms with Gasteiger partial charge < -0.3 is 10.5 Å². The van der Waals surface area contributed by atoms with Gasteiger partial charge in [-0.2, -0.15) is 0 Å². The minimum atomic E-state index is -1.03. The highest BCUT2D eigenvalue weighted by atomic mass is 16.4. The first-order valence-corrected chi connectivity index (χ1v) is 6.55. The van der Waals surface area contributed by atoms with Crippen molar-refractivity contribution in [3.05, 3.63) is 45.9 Å². The molecule has 0 radical (unpaired) electrons. The molecule has 20 heavy (non-hydrogen) atoms. The van der Waals surface area contributed by atoms with E-state index in [2.05, 4.69) is 5.43 Å². The predicted molar refractivity (Wildman–Crippen MR) is 79.0 cm³/mol. The second-order valence-corrected chi connectivity index (χ2v) is 5.21. The quantitative estimate of drug-likeness (QED) is 0.896. The van der Waals surface area contributed by atoms with E-state index in [9.17, 15) is 14.7 Å². The minimum absolute atomic E-state index is 0.163. The smallest absolute Gasteiger partial charge is 0.338 e. The van der Waals surface area contributed by atoms with Crippen LogP contribution in [0.25, 0.3) is 10.8 Å². The van der Waals surface area contributed by atoms with Crippen molar-refractivity contribution in [2.45, 2.75) is 20.8 Å². The third-order valence-corrected chi connectivity index (χ3v) is 3.20. The van der Waals surface area contributed by atoms with Crippen LogP contribution in [0.1, 0.15) is 29.9 Å². The van der Waals surface area contributed by atoms with Crippen LogP contribution in [0.15, 0.2) is 29.1 Å². The van der Waals surface area contributed by atoms with Gasteiger partial charge in [0, 0.05) is 17.3 Å². The molecule has 0 aliphatic heterocycles. The normalized spacial score (nSPS) is 11.0. The molecule has 1 aromatic heterocycles. The van der Waals surface area contributed by atoms with Crippen LogP contribution in [0.2, 0.25) is 0 Å². The standard InChI is InChI=1S/C15H18N2O3/c1-9(2)8-16-17-10(3)13(15(19)20)11-6-4-5-7-12(11)14(17)18/h4-7,9,16H,8H2,1-3H3,(H,19,20). The van der Waals surface area contributed by atoms with Gasteiger partial charge in [-0.15, -0.1) is 0 Å². The molecule has 0 saturated carbocycles. The summed E-state index contributed by atoms with van der Waals surface area (Å²) >= 11 is 0. The molecule has 2 aromatic rings. The van der Waals surface area contributed by atoms with E-state index in [1.54, 1.807) is 31.2 Å². The first-order chi connectivity index (χ1) is 9.43. The van der Waals surface area contributed by atoms with Crippen LogP contribution >= 0.6 is 0 Å². The Kier molecular flexibility index (Phi) is 3.79. The lowest BCUT2D eigenvalue weighted by molar-refractivity contribution is 0.0697. The van der Waals surface area contributed by atoms with Crippen molar-refractivity contribution in [1.82, 2.24) is 4.68 Å². The van der Waals surface area contributed by atoms with Crippen molar-refractivity contribution in [3.8, 4) is 0 Å². The van der Waals surface area contributed by atoms with Gasteiger partial charge in [-0.05, 0) is 18.9 Å². The summed E-state index contributed by atoms with van der Waals surface area (Å²) in [6.45, 7) is 6.28. The summed E-state index contributed by atoms with van der Waals surface area (Å²) in [7, 11) is 0. The average molecular weight is 274 g/mol. The van der Waals surface area contributed by atoms with Gasteiger partial charge >= 0.3 is 5.97 Å². The summed E-state index contributed by atoms with van der Waals surface area (Å²) in [4.78, 5) is 23.9. The van der Waals surface area contributed by atoms with Crippen LogP contribution in [0, 0.1) is 12.8 Å². The van der Waals surface area contributed by atoms with Gasteiger partial charge in [0.1, 0.15) is 0 Å². The van der Waals surface area contributed by atoms with E-state index < -0.39 is 5.97 Å². The average Bonchev–Trinajstić information content (AvgIpc) is 2.38. The molecular formula is C15H18N2O3. The van der Waals surface area contributed by atoms with Crippen LogP contribution in [0.3, 0.4) is 0 Å². The van der Waals surface area contributed by atoms with E-state index in [0.29, 0.717) is 28.9 Å². The second kappa shape index (κ2) is 5.36. The monoisotopic (exact) mass is 274 g/mol. The van der Waals surface area contributed by atoms with Gasteiger partial charge in [-0.25, -0.2) is 9.47 Å². The van der Waals surface area contributed by atoms with E-state index in [1.807, 2.05) is 13.8 Å². The number of hydrogen-bond donors (Lipinski definition) is 2. The lowest BCUT2D eigenvalue weighted by Gasteiger charge is -2.17. The van der Waals surface area contributed by atoms with E-state index >= 15 is 0 Å². The molecule has 0 aliphatic carbocycles. The van der Waals surface area contributed by atoms with Crippen LogP contribution in [-0.4, -0.2) is 22.3 Å². The van der Waals surface area contributed by atoms with Crippen molar-refractivity contribution >= 4 is 16.7 Å².